The number of nitrogens with one attached hydrogen (secondary N) is 2. The first kappa shape index (κ1) is 24.1. The van der Waals surface area contributed by atoms with Crippen molar-refractivity contribution in [3.8, 4) is 17.2 Å². The number of aromatic nitrogens is 1. The molecule has 0 radical (unpaired) electrons. The Hall–Kier alpha value is -4.02. The molecule has 11 heteroatoms. The lowest BCUT2D eigenvalue weighted by molar-refractivity contribution is -0.138. The van der Waals surface area contributed by atoms with E-state index in [-0.39, 0.29) is 35.3 Å². The van der Waals surface area contributed by atoms with Gasteiger partial charge in [0.15, 0.2) is 0 Å². The number of benzene rings is 2. The molecule has 2 aromatic carbocycles. The molecule has 1 saturated carbocycles. The maximum Gasteiger partial charge on any atom is 0.420 e. The number of ether oxygens (including phenoxy) is 2. The molecule has 2 N–H and O–H groups in total. The Morgan fingerprint density at radius 1 is 1.11 bits per heavy atom. The lowest BCUT2D eigenvalue weighted by Gasteiger charge is -2.17. The zero-order valence-corrected chi connectivity index (χ0v) is 18.9. The molecule has 1 aliphatic carbocycles. The Morgan fingerprint density at radius 3 is 2.37 bits per heavy atom. The molecule has 4 rings (SSSR count). The number of carbonyl (C=O) groups is 2. The quantitative estimate of drug-likeness (QED) is 0.487. The SMILES string of the molecule is COc1ccc(Oc2ccc(CNC(=O)C3(NC(=O)c4conc4C)CC3)cc2)c(C(F)(F)F)c1. The van der Waals surface area contributed by atoms with Crippen LogP contribution < -0.4 is 20.1 Å². The fourth-order valence-corrected chi connectivity index (χ4v) is 3.43. The molecule has 1 aliphatic rings. The summed E-state index contributed by atoms with van der Waals surface area (Å²) in [6.45, 7) is 1.80. The number of alkyl halides is 3. The summed E-state index contributed by atoms with van der Waals surface area (Å²) in [5, 5.41) is 9.18. The van der Waals surface area contributed by atoms with Crippen LogP contribution in [0, 0.1) is 6.92 Å². The third-order valence-electron chi connectivity index (χ3n) is 5.63. The van der Waals surface area contributed by atoms with Crippen LogP contribution in [0.15, 0.2) is 53.3 Å². The standard InChI is InChI=1S/C24H22F3N3O5/c1-14-18(13-34-30-14)21(31)29-23(9-10-23)22(32)28-12-15-3-5-16(6-4-15)35-20-8-7-17(33-2)11-19(20)24(25,26)27/h3-8,11,13H,9-10,12H2,1-2H3,(H,28,32)(H,29,31). The summed E-state index contributed by atoms with van der Waals surface area (Å²) in [7, 11) is 1.28. The average Bonchev–Trinajstić information content (AvgIpc) is 3.48. The predicted octanol–water partition coefficient (Wildman–Crippen LogP) is 4.38. The molecule has 1 aromatic heterocycles. The van der Waals surface area contributed by atoms with Gasteiger partial charge in [0.25, 0.3) is 5.91 Å². The fourth-order valence-electron chi connectivity index (χ4n) is 3.43. The van der Waals surface area contributed by atoms with E-state index in [1.54, 1.807) is 19.1 Å². The molecule has 0 spiro atoms. The van der Waals surface area contributed by atoms with Crippen molar-refractivity contribution in [2.45, 2.75) is 38.0 Å². The van der Waals surface area contributed by atoms with Crippen molar-refractivity contribution in [1.29, 1.82) is 0 Å². The number of halogens is 3. The summed E-state index contributed by atoms with van der Waals surface area (Å²) in [5.74, 6) is -0.848. The molecule has 0 aliphatic heterocycles. The number of rotatable bonds is 8. The average molecular weight is 489 g/mol. The minimum Gasteiger partial charge on any atom is -0.497 e. The number of amides is 2. The molecule has 184 valence electrons. The van der Waals surface area contributed by atoms with E-state index in [4.69, 9.17) is 14.0 Å². The van der Waals surface area contributed by atoms with E-state index in [2.05, 4.69) is 15.8 Å². The van der Waals surface area contributed by atoms with Gasteiger partial charge in [-0.2, -0.15) is 13.2 Å². The zero-order valence-electron chi connectivity index (χ0n) is 18.9. The topological polar surface area (TPSA) is 103 Å². The first-order valence-corrected chi connectivity index (χ1v) is 10.6. The molecule has 0 atom stereocenters. The molecule has 8 nitrogen and oxygen atoms in total. The molecule has 3 aromatic rings. The van der Waals surface area contributed by atoms with Gasteiger partial charge in [-0.1, -0.05) is 17.3 Å². The van der Waals surface area contributed by atoms with E-state index in [1.807, 2.05) is 0 Å². The number of hydrogen-bond acceptors (Lipinski definition) is 6. The highest BCUT2D eigenvalue weighted by atomic mass is 19.4. The van der Waals surface area contributed by atoms with Gasteiger partial charge < -0.3 is 24.6 Å². The molecule has 1 fully saturated rings. The van der Waals surface area contributed by atoms with Gasteiger partial charge in [0.2, 0.25) is 5.91 Å². The highest BCUT2D eigenvalue weighted by molar-refractivity contribution is 6.01. The normalized spacial score (nSPS) is 14.2. The van der Waals surface area contributed by atoms with E-state index in [9.17, 15) is 22.8 Å². The van der Waals surface area contributed by atoms with E-state index in [0.717, 1.165) is 6.07 Å². The van der Waals surface area contributed by atoms with Gasteiger partial charge in [-0.05, 0) is 55.7 Å². The van der Waals surface area contributed by atoms with Crippen LogP contribution in [0.5, 0.6) is 17.2 Å². The van der Waals surface area contributed by atoms with Crippen LogP contribution in [0.3, 0.4) is 0 Å². The van der Waals surface area contributed by atoms with Gasteiger partial charge in [-0.25, -0.2) is 0 Å². The molecule has 0 bridgehead atoms. The first-order chi connectivity index (χ1) is 16.6. The van der Waals surface area contributed by atoms with Crippen molar-refractivity contribution in [3.63, 3.8) is 0 Å². The van der Waals surface area contributed by atoms with Crippen LogP contribution >= 0.6 is 0 Å². The summed E-state index contributed by atoms with van der Waals surface area (Å²) < 4.78 is 55.2. The summed E-state index contributed by atoms with van der Waals surface area (Å²) >= 11 is 0. The van der Waals surface area contributed by atoms with E-state index in [1.165, 1.54) is 37.6 Å². The molecule has 0 saturated heterocycles. The third kappa shape index (κ3) is 5.39. The van der Waals surface area contributed by atoms with E-state index < -0.39 is 23.2 Å². The summed E-state index contributed by atoms with van der Waals surface area (Å²) in [5.41, 5.74) is -0.533. The van der Waals surface area contributed by atoms with E-state index >= 15 is 0 Å². The van der Waals surface area contributed by atoms with Crippen LogP contribution in [-0.2, 0) is 17.5 Å². The second kappa shape index (κ2) is 9.32. The Labute approximate surface area is 198 Å². The largest absolute Gasteiger partial charge is 0.497 e. The first-order valence-electron chi connectivity index (χ1n) is 10.6. The van der Waals surface area contributed by atoms with Crippen LogP contribution in [0.4, 0.5) is 13.2 Å². The summed E-state index contributed by atoms with van der Waals surface area (Å²) in [6, 6.07) is 9.72. The Morgan fingerprint density at radius 2 is 1.80 bits per heavy atom. The molecule has 2 amide bonds. The number of nitrogens with zero attached hydrogens (tertiary/aromatic N) is 1. The van der Waals surface area contributed by atoms with Gasteiger partial charge in [0.1, 0.15) is 40.2 Å². The van der Waals surface area contributed by atoms with Crippen molar-refractivity contribution >= 4 is 11.8 Å². The van der Waals surface area contributed by atoms with Gasteiger partial charge in [0, 0.05) is 6.54 Å². The van der Waals surface area contributed by atoms with Crippen LogP contribution in [-0.4, -0.2) is 29.6 Å². The maximum absolute atomic E-state index is 13.4. The Bertz CT molecular complexity index is 1230. The van der Waals surface area contributed by atoms with Crippen LogP contribution in [0.25, 0.3) is 0 Å². The number of carbonyl (C=O) groups excluding carboxylic acids is 2. The van der Waals surface area contributed by atoms with Gasteiger partial charge in [0.05, 0.1) is 12.8 Å². The van der Waals surface area contributed by atoms with Gasteiger partial charge in [-0.15, -0.1) is 0 Å². The molecule has 35 heavy (non-hydrogen) atoms. The van der Waals surface area contributed by atoms with Gasteiger partial charge >= 0.3 is 6.18 Å². The molecular weight excluding hydrogens is 467 g/mol. The van der Waals surface area contributed by atoms with Crippen molar-refractivity contribution in [2.24, 2.45) is 0 Å². The Kier molecular flexibility index (Phi) is 6.42. The Balaban J connectivity index is 1.36. The highest BCUT2D eigenvalue weighted by Crippen LogP contribution is 2.40. The monoisotopic (exact) mass is 489 g/mol. The van der Waals surface area contributed by atoms with Crippen LogP contribution in [0.1, 0.15) is 40.0 Å². The van der Waals surface area contributed by atoms with Crippen molar-refractivity contribution < 1.29 is 36.8 Å². The zero-order chi connectivity index (χ0) is 25.2. The minimum atomic E-state index is -4.62. The number of hydrogen-bond donors (Lipinski definition) is 2. The maximum atomic E-state index is 13.4. The van der Waals surface area contributed by atoms with E-state index in [0.29, 0.717) is 24.1 Å². The predicted molar refractivity (Wildman–Crippen MR) is 117 cm³/mol. The minimum absolute atomic E-state index is 0.0666. The lowest BCUT2D eigenvalue weighted by atomic mass is 10.1. The highest BCUT2D eigenvalue weighted by Gasteiger charge is 2.51. The molecule has 0 unspecified atom stereocenters. The van der Waals surface area contributed by atoms with Gasteiger partial charge in [-0.3, -0.25) is 9.59 Å². The summed E-state index contributed by atoms with van der Waals surface area (Å²) in [4.78, 5) is 25.1. The second-order valence-corrected chi connectivity index (χ2v) is 8.14. The van der Waals surface area contributed by atoms with Crippen LogP contribution in [0.2, 0.25) is 0 Å². The lowest BCUT2D eigenvalue weighted by Crippen LogP contribution is -2.48. The second-order valence-electron chi connectivity index (χ2n) is 8.14. The smallest absolute Gasteiger partial charge is 0.420 e. The number of methoxy groups -OCH3 is 1. The third-order valence-corrected chi connectivity index (χ3v) is 5.63. The molecule has 1 heterocycles. The van der Waals surface area contributed by atoms with Crippen molar-refractivity contribution in [2.75, 3.05) is 7.11 Å². The molecular formula is C24H22F3N3O5. The summed E-state index contributed by atoms with van der Waals surface area (Å²) in [6.07, 6.45) is -2.38. The van der Waals surface area contributed by atoms with Crippen molar-refractivity contribution in [3.05, 3.63) is 71.1 Å². The van der Waals surface area contributed by atoms with Crippen molar-refractivity contribution in [1.82, 2.24) is 15.8 Å². The number of aryl methyl sites for hydroxylation is 1. The fraction of sp³-hybridized carbons (Fsp3) is 0.292.